The molecule has 0 bridgehead atoms. The van der Waals surface area contributed by atoms with E-state index in [2.05, 4.69) is 12.2 Å². The number of hydrogen-bond donors (Lipinski definition) is 1. The van der Waals surface area contributed by atoms with Gasteiger partial charge < -0.3 is 10.2 Å². The first-order chi connectivity index (χ1) is 8.51. The summed E-state index contributed by atoms with van der Waals surface area (Å²) in [5.41, 5.74) is 0.638. The Bertz CT molecular complexity index is 414. The fourth-order valence-electron chi connectivity index (χ4n) is 2.49. The maximum absolute atomic E-state index is 12.7. The quantitative estimate of drug-likeness (QED) is 0.863. The minimum atomic E-state index is -0.446. The van der Waals surface area contributed by atoms with Crippen LogP contribution in [0.25, 0.3) is 0 Å². The molecule has 1 N–H and O–H groups in total. The molecule has 0 radical (unpaired) electrons. The van der Waals surface area contributed by atoms with Gasteiger partial charge in [-0.25, -0.2) is 0 Å². The molecular weight excluding hydrogens is 224 g/mol. The molecule has 0 aliphatic carbocycles. The summed E-state index contributed by atoms with van der Waals surface area (Å²) in [6, 6.07) is 10.4. The van der Waals surface area contributed by atoms with Gasteiger partial charge in [0.15, 0.2) is 0 Å². The highest BCUT2D eigenvalue weighted by Gasteiger charge is 2.34. The van der Waals surface area contributed by atoms with Crippen molar-refractivity contribution < 1.29 is 4.79 Å². The predicted molar refractivity (Wildman–Crippen MR) is 73.5 cm³/mol. The molecule has 3 heteroatoms. The zero-order valence-corrected chi connectivity index (χ0v) is 11.4. The van der Waals surface area contributed by atoms with E-state index in [-0.39, 0.29) is 5.91 Å². The summed E-state index contributed by atoms with van der Waals surface area (Å²) in [5, 5.41) is 3.36. The Morgan fingerprint density at radius 2 is 2.00 bits per heavy atom. The molecule has 1 aromatic carbocycles. The second kappa shape index (κ2) is 5.11. The molecule has 0 aromatic heterocycles. The van der Waals surface area contributed by atoms with E-state index in [0.717, 1.165) is 25.2 Å². The van der Waals surface area contributed by atoms with E-state index >= 15 is 0 Å². The molecule has 18 heavy (non-hydrogen) atoms. The van der Waals surface area contributed by atoms with E-state index in [1.165, 1.54) is 0 Å². The van der Waals surface area contributed by atoms with Crippen molar-refractivity contribution in [1.29, 1.82) is 0 Å². The minimum absolute atomic E-state index is 0.224. The SMILES string of the molecule is C[C@@H]1CN(C(=O)C(C)(C)c2ccccc2)CCN1. The summed E-state index contributed by atoms with van der Waals surface area (Å²) in [4.78, 5) is 14.6. The number of rotatable bonds is 2. The molecule has 1 atom stereocenters. The van der Waals surface area contributed by atoms with E-state index < -0.39 is 5.41 Å². The van der Waals surface area contributed by atoms with Gasteiger partial charge in [0, 0.05) is 25.7 Å². The maximum atomic E-state index is 12.7. The third-order valence-electron chi connectivity index (χ3n) is 3.69. The van der Waals surface area contributed by atoms with Crippen molar-refractivity contribution in [1.82, 2.24) is 10.2 Å². The maximum Gasteiger partial charge on any atom is 0.232 e. The number of piperazine rings is 1. The molecule has 2 rings (SSSR count). The van der Waals surface area contributed by atoms with E-state index in [4.69, 9.17) is 0 Å². The van der Waals surface area contributed by atoms with Crippen LogP contribution in [0.4, 0.5) is 0 Å². The second-order valence-electron chi connectivity index (χ2n) is 5.60. The van der Waals surface area contributed by atoms with Gasteiger partial charge in [0.1, 0.15) is 0 Å². The average molecular weight is 246 g/mol. The first-order valence-corrected chi connectivity index (χ1v) is 6.60. The van der Waals surface area contributed by atoms with Crippen LogP contribution >= 0.6 is 0 Å². The fraction of sp³-hybridized carbons (Fsp3) is 0.533. The lowest BCUT2D eigenvalue weighted by molar-refractivity contribution is -0.137. The molecule has 1 saturated heterocycles. The summed E-state index contributed by atoms with van der Waals surface area (Å²) < 4.78 is 0. The molecule has 1 amide bonds. The molecule has 0 spiro atoms. The van der Waals surface area contributed by atoms with Gasteiger partial charge in [-0.05, 0) is 26.3 Å². The van der Waals surface area contributed by atoms with Crippen molar-refractivity contribution in [2.75, 3.05) is 19.6 Å². The standard InChI is InChI=1S/C15H22N2O/c1-12-11-17(10-9-16-12)14(18)15(2,3)13-7-5-4-6-8-13/h4-8,12,16H,9-11H2,1-3H3/t12-/m1/s1. The lowest BCUT2D eigenvalue weighted by Crippen LogP contribution is -2.55. The molecule has 1 heterocycles. The Labute approximate surface area is 109 Å². The van der Waals surface area contributed by atoms with Gasteiger partial charge in [0.05, 0.1) is 5.41 Å². The third kappa shape index (κ3) is 2.56. The van der Waals surface area contributed by atoms with Crippen molar-refractivity contribution in [3.05, 3.63) is 35.9 Å². The summed E-state index contributed by atoms with van der Waals surface area (Å²) in [6.45, 7) is 8.63. The van der Waals surface area contributed by atoms with Crippen LogP contribution in [-0.2, 0) is 10.2 Å². The number of hydrogen-bond acceptors (Lipinski definition) is 2. The number of carbonyl (C=O) groups is 1. The van der Waals surface area contributed by atoms with E-state index in [1.807, 2.05) is 49.1 Å². The Hall–Kier alpha value is -1.35. The molecule has 0 unspecified atom stereocenters. The van der Waals surface area contributed by atoms with Gasteiger partial charge in [0.25, 0.3) is 0 Å². The van der Waals surface area contributed by atoms with Gasteiger partial charge >= 0.3 is 0 Å². The molecule has 3 nitrogen and oxygen atoms in total. The van der Waals surface area contributed by atoms with E-state index in [1.54, 1.807) is 0 Å². The fourth-order valence-corrected chi connectivity index (χ4v) is 2.49. The number of amides is 1. The van der Waals surface area contributed by atoms with Gasteiger partial charge in [-0.3, -0.25) is 4.79 Å². The summed E-state index contributed by atoms with van der Waals surface area (Å²) in [6.07, 6.45) is 0. The summed E-state index contributed by atoms with van der Waals surface area (Å²) in [7, 11) is 0. The highest BCUT2D eigenvalue weighted by atomic mass is 16.2. The third-order valence-corrected chi connectivity index (χ3v) is 3.69. The molecule has 98 valence electrons. The van der Waals surface area contributed by atoms with Crippen molar-refractivity contribution in [3.8, 4) is 0 Å². The Morgan fingerprint density at radius 1 is 1.33 bits per heavy atom. The molecule has 1 aliphatic heterocycles. The lowest BCUT2D eigenvalue weighted by Gasteiger charge is -2.37. The highest BCUT2D eigenvalue weighted by Crippen LogP contribution is 2.25. The summed E-state index contributed by atoms with van der Waals surface area (Å²) >= 11 is 0. The van der Waals surface area contributed by atoms with Crippen molar-refractivity contribution in [2.24, 2.45) is 0 Å². The van der Waals surface area contributed by atoms with Crippen molar-refractivity contribution >= 4 is 5.91 Å². The van der Waals surface area contributed by atoms with Crippen LogP contribution in [-0.4, -0.2) is 36.5 Å². The zero-order chi connectivity index (χ0) is 13.2. The van der Waals surface area contributed by atoms with Crippen LogP contribution < -0.4 is 5.32 Å². The monoisotopic (exact) mass is 246 g/mol. The number of nitrogens with zero attached hydrogens (tertiary/aromatic N) is 1. The van der Waals surface area contributed by atoms with Gasteiger partial charge in [-0.15, -0.1) is 0 Å². The van der Waals surface area contributed by atoms with E-state index in [9.17, 15) is 4.79 Å². The highest BCUT2D eigenvalue weighted by molar-refractivity contribution is 5.87. The Kier molecular flexibility index (Phi) is 3.71. The van der Waals surface area contributed by atoms with Crippen LogP contribution in [0.1, 0.15) is 26.3 Å². The van der Waals surface area contributed by atoms with Gasteiger partial charge in [-0.2, -0.15) is 0 Å². The van der Waals surface area contributed by atoms with Gasteiger partial charge in [-0.1, -0.05) is 30.3 Å². The molecular formula is C15H22N2O. The Balaban J connectivity index is 2.17. The largest absolute Gasteiger partial charge is 0.339 e. The zero-order valence-electron chi connectivity index (χ0n) is 11.4. The van der Waals surface area contributed by atoms with Crippen LogP contribution in [0.5, 0.6) is 0 Å². The number of benzene rings is 1. The Morgan fingerprint density at radius 3 is 2.61 bits per heavy atom. The molecule has 1 aliphatic rings. The lowest BCUT2D eigenvalue weighted by atomic mass is 9.83. The normalized spacial score (nSPS) is 20.8. The predicted octanol–water partition coefficient (Wildman–Crippen LogP) is 1.78. The van der Waals surface area contributed by atoms with Crippen LogP contribution in [0, 0.1) is 0 Å². The van der Waals surface area contributed by atoms with Crippen molar-refractivity contribution in [2.45, 2.75) is 32.2 Å². The van der Waals surface area contributed by atoms with E-state index in [0.29, 0.717) is 6.04 Å². The molecule has 0 saturated carbocycles. The van der Waals surface area contributed by atoms with Crippen LogP contribution in [0.2, 0.25) is 0 Å². The summed E-state index contributed by atoms with van der Waals surface area (Å²) in [5.74, 6) is 0.224. The van der Waals surface area contributed by atoms with Gasteiger partial charge in [0.2, 0.25) is 5.91 Å². The number of carbonyl (C=O) groups excluding carboxylic acids is 1. The van der Waals surface area contributed by atoms with Crippen LogP contribution in [0.15, 0.2) is 30.3 Å². The molecule has 1 fully saturated rings. The minimum Gasteiger partial charge on any atom is -0.339 e. The molecule has 1 aromatic rings. The second-order valence-corrected chi connectivity index (χ2v) is 5.60. The number of nitrogens with one attached hydrogen (secondary N) is 1. The first kappa shape index (κ1) is 13.1. The first-order valence-electron chi connectivity index (χ1n) is 6.60. The smallest absolute Gasteiger partial charge is 0.232 e. The topological polar surface area (TPSA) is 32.3 Å². The van der Waals surface area contributed by atoms with Crippen molar-refractivity contribution in [3.63, 3.8) is 0 Å². The average Bonchev–Trinajstić information content (AvgIpc) is 2.39. The van der Waals surface area contributed by atoms with Crippen LogP contribution in [0.3, 0.4) is 0 Å².